The van der Waals surface area contributed by atoms with Gasteiger partial charge in [0.1, 0.15) is 0 Å². The van der Waals surface area contributed by atoms with E-state index in [1.807, 2.05) is 11.3 Å². The zero-order valence-electron chi connectivity index (χ0n) is 47.1. The fraction of sp³-hybridized carbons (Fsp3) is 0.286. The van der Waals surface area contributed by atoms with Gasteiger partial charge in [-0.1, -0.05) is 195 Å². The van der Waals surface area contributed by atoms with Crippen molar-refractivity contribution in [1.82, 2.24) is 0 Å². The number of anilines is 9. The molecule has 2 aliphatic rings. The lowest BCUT2D eigenvalue weighted by atomic mass is 9.36. The van der Waals surface area contributed by atoms with Crippen molar-refractivity contribution in [3.63, 3.8) is 0 Å². The third kappa shape index (κ3) is 8.99. The molecule has 0 aliphatic carbocycles. The van der Waals surface area contributed by atoms with Crippen molar-refractivity contribution in [3.05, 3.63) is 204 Å². The molecule has 0 atom stereocenters. The SMILES string of the molecule is CC(C)(C)c1ccc(N(c2ccc(C(C)(C)C)cc2)c2ccc3c(c2)N(c2ccc(C(C)(C)C)cc2-c2ccccc2)c2cccc4c2B3c2sc3ccc(C(C)(C)C)cc3c2N4c2ccc(C(C)(C)C)cc2)cc1. The normalized spacial score (nSPS) is 13.7. The Morgan fingerprint density at radius 3 is 1.41 bits per heavy atom. The van der Waals surface area contributed by atoms with Gasteiger partial charge in [0.15, 0.2) is 0 Å². The van der Waals surface area contributed by atoms with E-state index in [4.69, 9.17) is 0 Å². The van der Waals surface area contributed by atoms with Crippen LogP contribution in [0.5, 0.6) is 0 Å². The van der Waals surface area contributed by atoms with Crippen LogP contribution in [0.3, 0.4) is 0 Å². The maximum atomic E-state index is 2.61. The van der Waals surface area contributed by atoms with Gasteiger partial charge in [-0.25, -0.2) is 0 Å². The fourth-order valence-corrected chi connectivity index (χ4v) is 12.7. The molecule has 0 radical (unpaired) electrons. The van der Waals surface area contributed by atoms with Crippen LogP contribution in [0, 0.1) is 0 Å². The van der Waals surface area contributed by atoms with Gasteiger partial charge in [-0.05, 0) is 156 Å². The first-order chi connectivity index (χ1) is 35.4. The van der Waals surface area contributed by atoms with Gasteiger partial charge in [0.25, 0.3) is 6.71 Å². The monoisotopic (exact) mass is 1000 g/mol. The van der Waals surface area contributed by atoms with Crippen molar-refractivity contribution in [2.45, 2.75) is 131 Å². The van der Waals surface area contributed by atoms with Crippen LogP contribution in [-0.2, 0) is 27.1 Å². The van der Waals surface area contributed by atoms with Crippen LogP contribution >= 0.6 is 11.3 Å². The van der Waals surface area contributed by atoms with Crippen molar-refractivity contribution in [3.8, 4) is 11.1 Å². The Morgan fingerprint density at radius 2 is 0.867 bits per heavy atom. The average molecular weight is 1000 g/mol. The molecule has 9 aromatic rings. The van der Waals surface area contributed by atoms with E-state index < -0.39 is 0 Å². The van der Waals surface area contributed by atoms with E-state index in [1.165, 1.54) is 93.2 Å². The van der Waals surface area contributed by atoms with Gasteiger partial charge in [-0.15, -0.1) is 11.3 Å². The Morgan fingerprint density at radius 1 is 0.387 bits per heavy atom. The molecule has 11 rings (SSSR count). The molecule has 0 saturated carbocycles. The molecule has 0 amide bonds. The van der Waals surface area contributed by atoms with E-state index >= 15 is 0 Å². The van der Waals surface area contributed by atoms with Crippen molar-refractivity contribution < 1.29 is 0 Å². The van der Waals surface area contributed by atoms with E-state index in [2.05, 4.69) is 294 Å². The summed E-state index contributed by atoms with van der Waals surface area (Å²) >= 11 is 1.97. The summed E-state index contributed by atoms with van der Waals surface area (Å²) < 4.78 is 2.69. The van der Waals surface area contributed by atoms with Crippen molar-refractivity contribution in [2.75, 3.05) is 14.7 Å². The number of rotatable bonds is 6. The molecule has 2 aliphatic heterocycles. The maximum Gasteiger partial charge on any atom is 0.264 e. The third-order valence-corrected chi connectivity index (χ3v) is 17.1. The second-order valence-electron chi connectivity index (χ2n) is 26.4. The fourth-order valence-electron chi connectivity index (χ4n) is 11.4. The highest BCUT2D eigenvalue weighted by Crippen LogP contribution is 2.51. The smallest absolute Gasteiger partial charge is 0.264 e. The standard InChI is InChI=1S/C70H74BN3S/c1-66(2,3)46-24-32-51(33-25-46)72(52-34-26-47(27-35-52)67(4,5)6)54-38-39-57-61(44-54)74(58-40-30-49(69(10,11)12)42-55(58)45-20-17-16-18-21-45)60-23-19-22-59-63(60)71(57)65-64(56-43-50(70(13,14)15)31-41-62(56)75-65)73(59)53-36-28-48(29-37-53)68(7,8)9/h16-44H,1-15H3. The van der Waals surface area contributed by atoms with Crippen LogP contribution in [0.25, 0.3) is 21.2 Å². The van der Waals surface area contributed by atoms with E-state index in [0.29, 0.717) is 0 Å². The minimum absolute atomic E-state index is 0.0126. The Kier molecular flexibility index (Phi) is 12.0. The predicted octanol–water partition coefficient (Wildman–Crippen LogP) is 18.6. The second kappa shape index (κ2) is 17.9. The molecule has 378 valence electrons. The van der Waals surface area contributed by atoms with E-state index in [1.54, 1.807) is 0 Å². The highest BCUT2D eigenvalue weighted by Gasteiger charge is 2.46. The predicted molar refractivity (Wildman–Crippen MR) is 329 cm³/mol. The highest BCUT2D eigenvalue weighted by molar-refractivity contribution is 7.33. The summed E-state index contributed by atoms with van der Waals surface area (Å²) in [5.74, 6) is 0. The molecule has 0 fully saturated rings. The first kappa shape index (κ1) is 50.3. The molecule has 0 saturated heterocycles. The number of benzene rings is 8. The number of nitrogens with zero attached hydrogens (tertiary/aromatic N) is 3. The largest absolute Gasteiger partial charge is 0.311 e. The number of fused-ring (bicyclic) bond motifs is 6. The minimum Gasteiger partial charge on any atom is -0.311 e. The van der Waals surface area contributed by atoms with E-state index in [-0.39, 0.29) is 33.8 Å². The molecular weight excluding hydrogens is 926 g/mol. The molecule has 1 aromatic heterocycles. The first-order valence-corrected chi connectivity index (χ1v) is 27.9. The molecule has 8 aromatic carbocycles. The summed E-state index contributed by atoms with van der Waals surface area (Å²) in [5, 5.41) is 1.31. The van der Waals surface area contributed by atoms with Gasteiger partial charge in [-0.2, -0.15) is 0 Å². The lowest BCUT2D eigenvalue weighted by molar-refractivity contribution is 0.590. The van der Waals surface area contributed by atoms with Crippen LogP contribution in [0.2, 0.25) is 0 Å². The van der Waals surface area contributed by atoms with Crippen LogP contribution in [0.1, 0.15) is 132 Å². The molecule has 0 unspecified atom stereocenters. The zero-order chi connectivity index (χ0) is 53.1. The molecule has 5 heteroatoms. The van der Waals surface area contributed by atoms with Gasteiger partial charge in [0.2, 0.25) is 0 Å². The number of thiophene rings is 1. The molecule has 3 heterocycles. The highest BCUT2D eigenvalue weighted by atomic mass is 32.1. The third-order valence-electron chi connectivity index (χ3n) is 15.9. The summed E-state index contributed by atoms with van der Waals surface area (Å²) in [6.45, 7) is 34.6. The molecule has 0 spiro atoms. The van der Waals surface area contributed by atoms with Gasteiger partial charge in [0, 0.05) is 60.2 Å². The van der Waals surface area contributed by atoms with Gasteiger partial charge in [0.05, 0.1) is 11.4 Å². The lowest BCUT2D eigenvalue weighted by Gasteiger charge is -2.44. The molecular formula is C70H74BN3S. The van der Waals surface area contributed by atoms with Crippen molar-refractivity contribution in [1.29, 1.82) is 0 Å². The lowest BCUT2D eigenvalue weighted by Crippen LogP contribution is -2.60. The van der Waals surface area contributed by atoms with Gasteiger partial charge in [-0.3, -0.25) is 0 Å². The number of hydrogen-bond donors (Lipinski definition) is 0. The van der Waals surface area contributed by atoms with Gasteiger partial charge < -0.3 is 14.7 Å². The maximum absolute atomic E-state index is 2.61. The molecule has 0 N–H and O–H groups in total. The zero-order valence-corrected chi connectivity index (χ0v) is 47.9. The Labute approximate surface area is 453 Å². The minimum atomic E-state index is -0.0505. The summed E-state index contributed by atoms with van der Waals surface area (Å²) in [6.07, 6.45) is 0. The summed E-state index contributed by atoms with van der Waals surface area (Å²) in [6, 6.07) is 67.8. The second-order valence-corrected chi connectivity index (χ2v) is 27.5. The summed E-state index contributed by atoms with van der Waals surface area (Å²) in [4.78, 5) is 7.68. The molecule has 3 nitrogen and oxygen atoms in total. The number of hydrogen-bond acceptors (Lipinski definition) is 4. The van der Waals surface area contributed by atoms with Crippen LogP contribution in [0.4, 0.5) is 51.2 Å². The van der Waals surface area contributed by atoms with Crippen LogP contribution < -0.4 is 30.4 Å². The summed E-state index contributed by atoms with van der Waals surface area (Å²) in [7, 11) is 0. The van der Waals surface area contributed by atoms with E-state index in [9.17, 15) is 0 Å². The first-order valence-electron chi connectivity index (χ1n) is 27.1. The topological polar surface area (TPSA) is 9.72 Å². The molecule has 75 heavy (non-hydrogen) atoms. The van der Waals surface area contributed by atoms with Crippen molar-refractivity contribution in [2.24, 2.45) is 0 Å². The summed E-state index contributed by atoms with van der Waals surface area (Å²) in [5.41, 5.74) is 22.3. The quantitative estimate of drug-likeness (QED) is 0.154. The van der Waals surface area contributed by atoms with Gasteiger partial charge >= 0.3 is 0 Å². The van der Waals surface area contributed by atoms with Crippen LogP contribution in [0.15, 0.2) is 176 Å². The Bertz CT molecular complexity index is 3550. The van der Waals surface area contributed by atoms with Crippen molar-refractivity contribution >= 4 is 95.0 Å². The Hall–Kier alpha value is -6.82. The molecule has 0 bridgehead atoms. The average Bonchev–Trinajstić information content (AvgIpc) is 3.78. The Balaban J connectivity index is 1.22. The van der Waals surface area contributed by atoms with Crippen LogP contribution in [-0.4, -0.2) is 6.71 Å². The van der Waals surface area contributed by atoms with E-state index in [0.717, 1.165) is 22.7 Å².